The van der Waals surface area contributed by atoms with Crippen molar-refractivity contribution in [1.29, 1.82) is 0 Å². The summed E-state index contributed by atoms with van der Waals surface area (Å²) in [6, 6.07) is 0. The molecular formula is C11H16O9. The summed E-state index contributed by atoms with van der Waals surface area (Å²) in [4.78, 5) is 41.6. The maximum atomic E-state index is 10.5. The molecule has 0 aromatic heterocycles. The molecule has 9 heteroatoms. The van der Waals surface area contributed by atoms with Gasteiger partial charge < -0.3 is 24.1 Å². The lowest BCUT2D eigenvalue weighted by Gasteiger charge is -2.16. The van der Waals surface area contributed by atoms with E-state index in [0.717, 1.165) is 0 Å². The number of ether oxygens (including phenoxy) is 4. The van der Waals surface area contributed by atoms with Crippen molar-refractivity contribution in [2.75, 3.05) is 20.3 Å². The molecule has 0 aromatic carbocycles. The second-order valence-corrected chi connectivity index (χ2v) is 3.60. The number of carbonyl (C=O) groups is 4. The van der Waals surface area contributed by atoms with E-state index in [1.54, 1.807) is 0 Å². The van der Waals surface area contributed by atoms with Crippen molar-refractivity contribution in [1.82, 2.24) is 0 Å². The van der Waals surface area contributed by atoms with Crippen LogP contribution in [-0.2, 0) is 38.1 Å². The summed E-state index contributed by atoms with van der Waals surface area (Å²) in [5.41, 5.74) is 0. The van der Waals surface area contributed by atoms with Gasteiger partial charge in [0.05, 0.1) is 7.11 Å². The summed E-state index contributed by atoms with van der Waals surface area (Å²) >= 11 is 0. The standard InChI is InChI=1S/C6H10O5.C5H6O4/c1-4(7)6(9)11-3-5(8)10-2;1-3-5(7)8-2-4(6)9-3/h4,7H,3H2,1-2H3;3H,2H2,1H3. The third kappa shape index (κ3) is 7.31. The molecule has 1 aliphatic rings. The van der Waals surface area contributed by atoms with Crippen LogP contribution in [0.1, 0.15) is 13.8 Å². The molecule has 9 nitrogen and oxygen atoms in total. The van der Waals surface area contributed by atoms with Crippen molar-refractivity contribution < 1.29 is 43.2 Å². The number of aliphatic hydroxyl groups is 1. The van der Waals surface area contributed by atoms with E-state index >= 15 is 0 Å². The maximum absolute atomic E-state index is 10.5. The monoisotopic (exact) mass is 292 g/mol. The minimum atomic E-state index is -1.21. The number of methoxy groups -OCH3 is 1. The third-order valence-corrected chi connectivity index (χ3v) is 1.87. The minimum Gasteiger partial charge on any atom is -0.466 e. The van der Waals surface area contributed by atoms with Crippen molar-refractivity contribution in [2.45, 2.75) is 26.1 Å². The molecule has 2 unspecified atom stereocenters. The highest BCUT2D eigenvalue weighted by Gasteiger charge is 2.25. The van der Waals surface area contributed by atoms with Crippen LogP contribution in [0.15, 0.2) is 0 Å². The van der Waals surface area contributed by atoms with Gasteiger partial charge in [-0.15, -0.1) is 0 Å². The fourth-order valence-corrected chi connectivity index (χ4v) is 0.836. The quantitative estimate of drug-likeness (QED) is 0.491. The molecule has 2 atom stereocenters. The molecular weight excluding hydrogens is 276 g/mol. The van der Waals surface area contributed by atoms with E-state index in [9.17, 15) is 19.2 Å². The van der Waals surface area contributed by atoms with Crippen molar-refractivity contribution in [3.63, 3.8) is 0 Å². The summed E-state index contributed by atoms with van der Waals surface area (Å²) in [6.07, 6.45) is -1.94. The van der Waals surface area contributed by atoms with E-state index in [0.29, 0.717) is 0 Å². The Hall–Kier alpha value is -2.16. The highest BCUT2D eigenvalue weighted by atomic mass is 16.6. The molecule has 1 fully saturated rings. The maximum Gasteiger partial charge on any atom is 0.347 e. The first-order chi connectivity index (χ1) is 9.27. The summed E-state index contributed by atoms with van der Waals surface area (Å²) in [5, 5.41) is 8.58. The molecule has 1 N–H and O–H groups in total. The number of hydrogen-bond donors (Lipinski definition) is 1. The molecule has 1 saturated heterocycles. The Morgan fingerprint density at radius 2 is 2.05 bits per heavy atom. The molecule has 1 aliphatic heterocycles. The van der Waals surface area contributed by atoms with E-state index in [-0.39, 0.29) is 6.61 Å². The summed E-state index contributed by atoms with van der Waals surface area (Å²) in [5.74, 6) is -2.45. The number of rotatable bonds is 3. The van der Waals surface area contributed by atoms with Gasteiger partial charge in [-0.25, -0.2) is 19.2 Å². The van der Waals surface area contributed by atoms with Gasteiger partial charge in [0.15, 0.2) is 19.3 Å². The second-order valence-electron chi connectivity index (χ2n) is 3.60. The van der Waals surface area contributed by atoms with E-state index in [4.69, 9.17) is 5.11 Å². The van der Waals surface area contributed by atoms with Gasteiger partial charge in [0.25, 0.3) is 0 Å². The van der Waals surface area contributed by atoms with Crippen LogP contribution in [0.4, 0.5) is 0 Å². The van der Waals surface area contributed by atoms with Gasteiger partial charge in [-0.05, 0) is 13.8 Å². The van der Waals surface area contributed by atoms with E-state index < -0.39 is 42.7 Å². The zero-order chi connectivity index (χ0) is 15.7. The molecule has 1 heterocycles. The van der Waals surface area contributed by atoms with Crippen molar-refractivity contribution >= 4 is 23.9 Å². The molecule has 114 valence electrons. The number of aliphatic hydroxyl groups excluding tert-OH is 1. The Balaban J connectivity index is 0.000000367. The van der Waals surface area contributed by atoms with Crippen molar-refractivity contribution in [2.24, 2.45) is 0 Å². The Labute approximate surface area is 114 Å². The largest absolute Gasteiger partial charge is 0.466 e. The van der Waals surface area contributed by atoms with Crippen molar-refractivity contribution in [3.05, 3.63) is 0 Å². The number of hydrogen-bond acceptors (Lipinski definition) is 9. The number of carbonyl (C=O) groups excluding carboxylic acids is 4. The molecule has 0 amide bonds. The zero-order valence-electron chi connectivity index (χ0n) is 11.3. The highest BCUT2D eigenvalue weighted by molar-refractivity contribution is 5.84. The van der Waals surface area contributed by atoms with Gasteiger partial charge in [0.2, 0.25) is 0 Å². The first-order valence-electron chi connectivity index (χ1n) is 5.55. The fourth-order valence-electron chi connectivity index (χ4n) is 0.836. The smallest absolute Gasteiger partial charge is 0.347 e. The van der Waals surface area contributed by atoms with Gasteiger partial charge in [0.1, 0.15) is 6.10 Å². The van der Waals surface area contributed by atoms with Crippen LogP contribution in [0.25, 0.3) is 0 Å². The number of cyclic esters (lactones) is 2. The molecule has 0 saturated carbocycles. The van der Waals surface area contributed by atoms with Gasteiger partial charge >= 0.3 is 23.9 Å². The SMILES string of the molecule is CC1OC(=O)COC1=O.COC(=O)COC(=O)C(C)O. The summed E-state index contributed by atoms with van der Waals surface area (Å²) in [7, 11) is 1.18. The van der Waals surface area contributed by atoms with Gasteiger partial charge in [-0.3, -0.25) is 0 Å². The third-order valence-electron chi connectivity index (χ3n) is 1.87. The molecule has 0 bridgehead atoms. The fraction of sp³-hybridized carbons (Fsp3) is 0.636. The van der Waals surface area contributed by atoms with Crippen LogP contribution in [0, 0.1) is 0 Å². The molecule has 1 rings (SSSR count). The van der Waals surface area contributed by atoms with Crippen molar-refractivity contribution in [3.8, 4) is 0 Å². The predicted octanol–water partition coefficient (Wildman–Crippen LogP) is -1.44. The molecule has 0 aliphatic carbocycles. The average Bonchev–Trinajstić information content (AvgIpc) is 2.40. The van der Waals surface area contributed by atoms with Crippen LogP contribution < -0.4 is 0 Å². The topological polar surface area (TPSA) is 125 Å². The summed E-state index contributed by atoms with van der Waals surface area (Å²) in [6.45, 7) is 2.02. The Morgan fingerprint density at radius 1 is 1.45 bits per heavy atom. The van der Waals surface area contributed by atoms with E-state index in [2.05, 4.69) is 18.9 Å². The lowest BCUT2D eigenvalue weighted by atomic mass is 10.4. The van der Waals surface area contributed by atoms with Crippen LogP contribution in [0.5, 0.6) is 0 Å². The minimum absolute atomic E-state index is 0.247. The number of esters is 4. The van der Waals surface area contributed by atoms with E-state index in [1.807, 2.05) is 0 Å². The van der Waals surface area contributed by atoms with Gasteiger partial charge in [-0.1, -0.05) is 0 Å². The average molecular weight is 292 g/mol. The normalized spacial score (nSPS) is 18.7. The van der Waals surface area contributed by atoms with Crippen LogP contribution in [0.3, 0.4) is 0 Å². The second kappa shape index (κ2) is 8.86. The zero-order valence-corrected chi connectivity index (χ0v) is 11.3. The molecule has 0 aromatic rings. The lowest BCUT2D eigenvalue weighted by molar-refractivity contribution is -0.183. The molecule has 0 spiro atoms. The summed E-state index contributed by atoms with van der Waals surface area (Å²) < 4.78 is 17.3. The predicted molar refractivity (Wildman–Crippen MR) is 61.2 cm³/mol. The van der Waals surface area contributed by atoms with Crippen LogP contribution in [-0.4, -0.2) is 61.5 Å². The van der Waals surface area contributed by atoms with Gasteiger partial charge in [0, 0.05) is 0 Å². The van der Waals surface area contributed by atoms with Crippen LogP contribution >= 0.6 is 0 Å². The Bertz CT molecular complexity index is 374. The lowest BCUT2D eigenvalue weighted by Crippen LogP contribution is -2.35. The first kappa shape index (κ1) is 17.8. The molecule has 20 heavy (non-hydrogen) atoms. The van der Waals surface area contributed by atoms with E-state index in [1.165, 1.54) is 21.0 Å². The van der Waals surface area contributed by atoms with Gasteiger partial charge in [-0.2, -0.15) is 0 Å². The Morgan fingerprint density at radius 3 is 2.45 bits per heavy atom. The van der Waals surface area contributed by atoms with Crippen LogP contribution in [0.2, 0.25) is 0 Å². The highest BCUT2D eigenvalue weighted by Crippen LogP contribution is 2.01. The molecule has 0 radical (unpaired) electrons. The first-order valence-corrected chi connectivity index (χ1v) is 5.55. The Kier molecular flexibility index (Phi) is 7.90.